The number of rotatable bonds is 3. The number of aliphatic carboxylic acids is 2. The highest BCUT2D eigenvalue weighted by Crippen LogP contribution is 2.35. The molecule has 144 valence electrons. The Hall–Kier alpha value is -2.38. The zero-order chi connectivity index (χ0) is 19.2. The van der Waals surface area contributed by atoms with Gasteiger partial charge in [0.05, 0.1) is 10.4 Å². The van der Waals surface area contributed by atoms with Crippen LogP contribution >= 0.6 is 11.3 Å². The molecule has 1 aromatic heterocycles. The van der Waals surface area contributed by atoms with E-state index >= 15 is 0 Å². The molecule has 3 N–H and O–H groups in total. The molecule has 0 spiro atoms. The molecule has 0 saturated carbocycles. The van der Waals surface area contributed by atoms with Crippen molar-refractivity contribution in [3.8, 4) is 0 Å². The van der Waals surface area contributed by atoms with Crippen LogP contribution < -0.4 is 10.2 Å². The van der Waals surface area contributed by atoms with Gasteiger partial charge in [-0.3, -0.25) is 0 Å². The minimum Gasteiger partial charge on any atom is -0.478 e. The fourth-order valence-corrected chi connectivity index (χ4v) is 4.77. The summed E-state index contributed by atoms with van der Waals surface area (Å²) in [7, 11) is 0. The number of anilines is 1. The fraction of sp³-hybridized carbons (Fsp3) is 0.400. The van der Waals surface area contributed by atoms with Gasteiger partial charge in [0.1, 0.15) is 0 Å². The first-order valence-electron chi connectivity index (χ1n) is 9.10. The van der Waals surface area contributed by atoms with Crippen LogP contribution in [0.1, 0.15) is 12.8 Å². The van der Waals surface area contributed by atoms with Gasteiger partial charge < -0.3 is 20.4 Å². The third-order valence-corrected chi connectivity index (χ3v) is 6.14. The Morgan fingerprint density at radius 3 is 2.26 bits per heavy atom. The average molecular weight is 388 g/mol. The molecule has 27 heavy (non-hydrogen) atoms. The number of nitrogens with zero attached hydrogens (tertiary/aromatic N) is 1. The molecule has 2 aromatic rings. The number of hydrogen-bond acceptors (Lipinski definition) is 5. The van der Waals surface area contributed by atoms with Crippen LogP contribution in [0.3, 0.4) is 0 Å². The molecular formula is C20H24N2O4S. The van der Waals surface area contributed by atoms with Crippen LogP contribution in [0.2, 0.25) is 0 Å². The second-order valence-electron chi connectivity index (χ2n) is 6.87. The number of hydrogen-bond donors (Lipinski definition) is 3. The van der Waals surface area contributed by atoms with Gasteiger partial charge in [-0.25, -0.2) is 9.59 Å². The van der Waals surface area contributed by atoms with Crippen molar-refractivity contribution < 1.29 is 19.8 Å². The van der Waals surface area contributed by atoms with Crippen LogP contribution in [-0.4, -0.2) is 48.3 Å². The highest BCUT2D eigenvalue weighted by atomic mass is 32.1. The summed E-state index contributed by atoms with van der Waals surface area (Å²) < 4.78 is 1.47. The molecule has 2 aliphatic heterocycles. The lowest BCUT2D eigenvalue weighted by atomic mass is 9.92. The van der Waals surface area contributed by atoms with E-state index < -0.39 is 11.9 Å². The topological polar surface area (TPSA) is 89.9 Å². The van der Waals surface area contributed by atoms with Crippen LogP contribution in [0.4, 0.5) is 5.69 Å². The van der Waals surface area contributed by atoms with Crippen LogP contribution in [-0.2, 0) is 9.59 Å². The van der Waals surface area contributed by atoms with Crippen LogP contribution in [0.25, 0.3) is 10.1 Å². The lowest BCUT2D eigenvalue weighted by Gasteiger charge is -2.24. The summed E-state index contributed by atoms with van der Waals surface area (Å²) in [5, 5.41) is 22.8. The standard InChI is InChI=1S/C16H20N2S.C4H4O4/c1-2-12-6-9-19-16(12)15(3-1)18-7-4-13-10-17-11-14(13)5-8-18;5-3(6)1-2-4(7)8/h1-3,6,9,13-14,17H,4-5,7-8,10-11H2;1-2H,(H,5,6)(H,7,8)/b;2-1-. The van der Waals surface area contributed by atoms with E-state index in [2.05, 4.69) is 39.9 Å². The second-order valence-corrected chi connectivity index (χ2v) is 7.78. The zero-order valence-corrected chi connectivity index (χ0v) is 15.8. The Balaban J connectivity index is 0.000000226. The molecule has 2 atom stereocenters. The van der Waals surface area contributed by atoms with E-state index in [1.165, 1.54) is 54.8 Å². The SMILES string of the molecule is O=C(O)/C=C\C(=O)O.c1cc(N2CCC3CNCC3CC2)c2sccc2c1. The van der Waals surface area contributed by atoms with Gasteiger partial charge in [0.2, 0.25) is 0 Å². The molecule has 1 aromatic carbocycles. The van der Waals surface area contributed by atoms with Gasteiger partial charge in [-0.05, 0) is 60.7 Å². The Morgan fingerprint density at radius 1 is 1.04 bits per heavy atom. The van der Waals surface area contributed by atoms with Crippen LogP contribution in [0.15, 0.2) is 41.8 Å². The highest BCUT2D eigenvalue weighted by molar-refractivity contribution is 7.17. The molecule has 0 radical (unpaired) electrons. The van der Waals surface area contributed by atoms with Crippen molar-refractivity contribution in [2.24, 2.45) is 11.8 Å². The number of carboxylic acids is 2. The Kier molecular flexibility index (Phi) is 6.47. The predicted octanol–water partition coefficient (Wildman–Crippen LogP) is 3.05. The Morgan fingerprint density at radius 2 is 1.67 bits per heavy atom. The highest BCUT2D eigenvalue weighted by Gasteiger charge is 2.30. The summed E-state index contributed by atoms with van der Waals surface area (Å²) >= 11 is 1.88. The Labute approximate surface area is 162 Å². The maximum atomic E-state index is 9.55. The van der Waals surface area contributed by atoms with E-state index in [-0.39, 0.29) is 0 Å². The van der Waals surface area contributed by atoms with Crippen molar-refractivity contribution >= 4 is 39.0 Å². The van der Waals surface area contributed by atoms with Gasteiger partial charge in [-0.15, -0.1) is 11.3 Å². The van der Waals surface area contributed by atoms with Gasteiger partial charge in [0.25, 0.3) is 0 Å². The normalized spacial score (nSPS) is 22.1. The van der Waals surface area contributed by atoms with E-state index in [1.807, 2.05) is 11.3 Å². The monoisotopic (exact) mass is 388 g/mol. The molecule has 3 heterocycles. The molecule has 2 unspecified atom stereocenters. The second kappa shape index (κ2) is 9.01. The van der Waals surface area contributed by atoms with Gasteiger partial charge in [0.15, 0.2) is 0 Å². The van der Waals surface area contributed by atoms with Gasteiger partial charge in [0, 0.05) is 25.2 Å². The van der Waals surface area contributed by atoms with Crippen molar-refractivity contribution in [1.82, 2.24) is 5.32 Å². The number of thiophene rings is 1. The molecular weight excluding hydrogens is 364 g/mol. The molecule has 2 fully saturated rings. The van der Waals surface area contributed by atoms with E-state index in [1.54, 1.807) is 0 Å². The van der Waals surface area contributed by atoms with E-state index in [9.17, 15) is 9.59 Å². The van der Waals surface area contributed by atoms with Crippen molar-refractivity contribution in [1.29, 1.82) is 0 Å². The summed E-state index contributed by atoms with van der Waals surface area (Å²) in [6.45, 7) is 4.92. The fourth-order valence-electron chi connectivity index (χ4n) is 3.83. The van der Waals surface area contributed by atoms with Crippen LogP contribution in [0, 0.1) is 11.8 Å². The third kappa shape index (κ3) is 5.08. The van der Waals surface area contributed by atoms with Crippen molar-refractivity contribution in [2.45, 2.75) is 12.8 Å². The van der Waals surface area contributed by atoms with E-state index in [0.29, 0.717) is 12.2 Å². The van der Waals surface area contributed by atoms with Gasteiger partial charge >= 0.3 is 11.9 Å². The Bertz CT molecular complexity index is 802. The first-order chi connectivity index (χ1) is 13.0. The predicted molar refractivity (Wildman–Crippen MR) is 108 cm³/mol. The summed E-state index contributed by atoms with van der Waals surface area (Å²) in [5.74, 6) is -0.695. The number of fused-ring (bicyclic) bond motifs is 2. The molecule has 4 rings (SSSR count). The molecule has 0 amide bonds. The largest absolute Gasteiger partial charge is 0.478 e. The van der Waals surface area contributed by atoms with Crippen molar-refractivity contribution in [3.05, 3.63) is 41.8 Å². The maximum Gasteiger partial charge on any atom is 0.328 e. The third-order valence-electron chi connectivity index (χ3n) is 5.19. The average Bonchev–Trinajstić information content (AvgIpc) is 3.26. The zero-order valence-electron chi connectivity index (χ0n) is 15.0. The number of benzene rings is 1. The minimum absolute atomic E-state index is 0.558. The van der Waals surface area contributed by atoms with Crippen molar-refractivity contribution in [2.75, 3.05) is 31.1 Å². The lowest BCUT2D eigenvalue weighted by Crippen LogP contribution is -2.25. The first-order valence-corrected chi connectivity index (χ1v) is 9.98. The summed E-state index contributed by atoms with van der Waals surface area (Å²) in [5.41, 5.74) is 1.46. The number of nitrogens with one attached hydrogen (secondary N) is 1. The smallest absolute Gasteiger partial charge is 0.328 e. The first kappa shape index (κ1) is 19.4. The van der Waals surface area contributed by atoms with E-state index in [4.69, 9.17) is 10.2 Å². The summed E-state index contributed by atoms with van der Waals surface area (Å²) in [4.78, 5) is 21.7. The molecule has 2 saturated heterocycles. The minimum atomic E-state index is -1.26. The van der Waals surface area contributed by atoms with Crippen molar-refractivity contribution in [3.63, 3.8) is 0 Å². The molecule has 0 bridgehead atoms. The summed E-state index contributed by atoms with van der Waals surface area (Å²) in [6.07, 6.45) is 3.81. The van der Waals surface area contributed by atoms with Gasteiger partial charge in [-0.2, -0.15) is 0 Å². The molecule has 0 aliphatic carbocycles. The number of carboxylic acid groups (broad SMARTS) is 2. The molecule has 6 nitrogen and oxygen atoms in total. The summed E-state index contributed by atoms with van der Waals surface area (Å²) in [6, 6.07) is 8.97. The quantitative estimate of drug-likeness (QED) is 0.700. The van der Waals surface area contributed by atoms with E-state index in [0.717, 1.165) is 11.8 Å². The van der Waals surface area contributed by atoms with Gasteiger partial charge in [-0.1, -0.05) is 12.1 Å². The molecule has 2 aliphatic rings. The maximum absolute atomic E-state index is 9.55. The molecule has 7 heteroatoms. The lowest BCUT2D eigenvalue weighted by molar-refractivity contribution is -0.134. The van der Waals surface area contributed by atoms with Crippen LogP contribution in [0.5, 0.6) is 0 Å². The number of carbonyl (C=O) groups is 2.